The van der Waals surface area contributed by atoms with Crippen LogP contribution in [-0.2, 0) is 15.9 Å². The Hall–Kier alpha value is -3.17. The van der Waals surface area contributed by atoms with E-state index in [0.29, 0.717) is 37.3 Å². The number of amides is 1. The van der Waals surface area contributed by atoms with Crippen LogP contribution in [0, 0.1) is 17.0 Å². The number of carbonyl (C=O) groups is 1. The van der Waals surface area contributed by atoms with Crippen LogP contribution in [0.25, 0.3) is 0 Å². The number of anilines is 2. The van der Waals surface area contributed by atoms with Gasteiger partial charge >= 0.3 is 0 Å². The molecule has 0 radical (unpaired) electrons. The number of hydrogen-bond acceptors (Lipinski definition) is 7. The normalized spacial score (nSPS) is 26.8. The van der Waals surface area contributed by atoms with E-state index >= 15 is 0 Å². The van der Waals surface area contributed by atoms with Crippen LogP contribution in [0.3, 0.4) is 0 Å². The van der Waals surface area contributed by atoms with Crippen LogP contribution in [0.1, 0.15) is 54.6 Å². The average molecular weight is 521 g/mol. The van der Waals surface area contributed by atoms with Crippen LogP contribution >= 0.6 is 0 Å². The second-order valence-corrected chi connectivity index (χ2v) is 11.4. The molecule has 3 aliphatic heterocycles. The third-order valence-corrected chi connectivity index (χ3v) is 8.58. The van der Waals surface area contributed by atoms with Gasteiger partial charge in [0, 0.05) is 50.0 Å². The molecule has 0 aromatic heterocycles. The Kier molecular flexibility index (Phi) is 6.31. The molecular weight excluding hydrogens is 484 g/mol. The molecule has 3 fully saturated rings. The average Bonchev–Trinajstić information content (AvgIpc) is 3.23. The van der Waals surface area contributed by atoms with Gasteiger partial charge in [-0.2, -0.15) is 0 Å². The van der Waals surface area contributed by atoms with Gasteiger partial charge in [0.15, 0.2) is 5.79 Å². The predicted molar refractivity (Wildman–Crippen MR) is 145 cm³/mol. The van der Waals surface area contributed by atoms with Crippen molar-refractivity contribution in [2.75, 3.05) is 42.5 Å². The molecule has 1 unspecified atom stereocenters. The van der Waals surface area contributed by atoms with Crippen molar-refractivity contribution >= 4 is 23.0 Å². The molecule has 0 N–H and O–H groups in total. The van der Waals surface area contributed by atoms with Crippen molar-refractivity contribution in [3.05, 3.63) is 63.2 Å². The van der Waals surface area contributed by atoms with Crippen molar-refractivity contribution in [3.8, 4) is 0 Å². The van der Waals surface area contributed by atoms with Crippen molar-refractivity contribution in [1.29, 1.82) is 0 Å². The molecular formula is C29H36N4O5. The fourth-order valence-corrected chi connectivity index (χ4v) is 6.78. The van der Waals surface area contributed by atoms with Crippen molar-refractivity contribution in [2.45, 2.75) is 70.5 Å². The smallest absolute Gasteiger partial charge is 0.293 e. The topological polar surface area (TPSA) is 88.4 Å². The molecule has 38 heavy (non-hydrogen) atoms. The number of nitrogens with zero attached hydrogens (tertiary/aromatic N) is 4. The lowest BCUT2D eigenvalue weighted by Gasteiger charge is -2.42. The molecule has 9 nitrogen and oxygen atoms in total. The Morgan fingerprint density at radius 3 is 2.39 bits per heavy atom. The Balaban J connectivity index is 1.24. The summed E-state index contributed by atoms with van der Waals surface area (Å²) in [4.78, 5) is 31.9. The van der Waals surface area contributed by atoms with Gasteiger partial charge in [-0.15, -0.1) is 0 Å². The number of fused-ring (bicyclic) bond motifs is 2. The van der Waals surface area contributed by atoms with Crippen LogP contribution in [0.15, 0.2) is 36.4 Å². The molecule has 2 aromatic carbocycles. The van der Waals surface area contributed by atoms with Gasteiger partial charge in [0.25, 0.3) is 11.6 Å². The maximum atomic E-state index is 13.7. The lowest BCUT2D eigenvalue weighted by molar-refractivity contribution is -0.384. The fraction of sp³-hybridized carbons (Fsp3) is 0.552. The van der Waals surface area contributed by atoms with E-state index in [0.717, 1.165) is 37.9 Å². The first-order valence-electron chi connectivity index (χ1n) is 13.8. The molecule has 1 saturated carbocycles. The first-order chi connectivity index (χ1) is 18.2. The number of carbonyl (C=O) groups excluding carboxylic acids is 1. The van der Waals surface area contributed by atoms with Gasteiger partial charge in [-0.25, -0.2) is 0 Å². The van der Waals surface area contributed by atoms with Gasteiger partial charge in [0.1, 0.15) is 11.8 Å². The minimum absolute atomic E-state index is 0.00592. The summed E-state index contributed by atoms with van der Waals surface area (Å²) >= 11 is 0. The van der Waals surface area contributed by atoms with Gasteiger partial charge in [0.05, 0.1) is 17.1 Å². The standard InChI is InChI=1S/C29H36N4O5/c1-19-7-4-5-8-22(19)30-13-15-31(16-14-30)24-17-20-11-12-32(28(34)21(20)18-25(24)33(35)36)23-9-6-10-26-27(23)38-29(2,3)37-26/h4-5,7-8,17-18,23,26-27H,6,9-16H2,1-3H3/t23?,26-,27+/m0/s1. The molecule has 0 spiro atoms. The summed E-state index contributed by atoms with van der Waals surface area (Å²) < 4.78 is 12.3. The van der Waals surface area contributed by atoms with Crippen LogP contribution in [0.4, 0.5) is 17.1 Å². The number of aryl methyl sites for hydroxylation is 1. The van der Waals surface area contributed by atoms with E-state index in [1.54, 1.807) is 0 Å². The molecule has 1 aliphatic carbocycles. The third-order valence-electron chi connectivity index (χ3n) is 8.58. The van der Waals surface area contributed by atoms with E-state index in [1.807, 2.05) is 36.9 Å². The summed E-state index contributed by atoms with van der Waals surface area (Å²) in [6.07, 6.45) is 3.24. The van der Waals surface area contributed by atoms with E-state index in [1.165, 1.54) is 17.3 Å². The molecule has 9 heteroatoms. The first-order valence-corrected chi connectivity index (χ1v) is 13.8. The second-order valence-electron chi connectivity index (χ2n) is 11.4. The highest BCUT2D eigenvalue weighted by atomic mass is 16.8. The van der Waals surface area contributed by atoms with E-state index < -0.39 is 5.79 Å². The molecule has 202 valence electrons. The highest BCUT2D eigenvalue weighted by molar-refractivity contribution is 5.98. The molecule has 6 rings (SSSR count). The lowest BCUT2D eigenvalue weighted by Crippen LogP contribution is -2.54. The van der Waals surface area contributed by atoms with Crippen LogP contribution in [0.5, 0.6) is 0 Å². The number of para-hydroxylation sites is 1. The van der Waals surface area contributed by atoms with Crippen molar-refractivity contribution < 1.29 is 19.2 Å². The molecule has 3 heterocycles. The number of ether oxygens (including phenoxy) is 2. The summed E-state index contributed by atoms with van der Waals surface area (Å²) in [6.45, 7) is 9.47. The summed E-state index contributed by atoms with van der Waals surface area (Å²) in [5.41, 5.74) is 4.40. The van der Waals surface area contributed by atoms with E-state index in [2.05, 4.69) is 28.9 Å². The zero-order valence-corrected chi connectivity index (χ0v) is 22.4. The molecule has 0 bridgehead atoms. The highest BCUT2D eigenvalue weighted by Gasteiger charge is 2.50. The summed E-state index contributed by atoms with van der Waals surface area (Å²) in [6, 6.07) is 11.7. The maximum absolute atomic E-state index is 13.7. The molecule has 2 saturated heterocycles. The lowest BCUT2D eigenvalue weighted by atomic mass is 9.86. The zero-order chi connectivity index (χ0) is 26.6. The summed E-state index contributed by atoms with van der Waals surface area (Å²) in [5, 5.41) is 12.2. The molecule has 1 amide bonds. The Morgan fingerprint density at radius 2 is 1.68 bits per heavy atom. The number of nitro benzene ring substituents is 1. The Morgan fingerprint density at radius 1 is 0.974 bits per heavy atom. The predicted octanol–water partition coefficient (Wildman–Crippen LogP) is 4.30. The quantitative estimate of drug-likeness (QED) is 0.439. The minimum atomic E-state index is -0.661. The SMILES string of the molecule is Cc1ccccc1N1CCN(c2cc3c(cc2[N+](=O)[O-])C(=O)N(C2CCC[C@@H]4OC(C)(C)O[C@H]24)CC3)CC1. The van der Waals surface area contributed by atoms with Gasteiger partial charge in [-0.3, -0.25) is 14.9 Å². The van der Waals surface area contributed by atoms with Crippen molar-refractivity contribution in [2.24, 2.45) is 0 Å². The molecule has 4 aliphatic rings. The number of nitro groups is 1. The number of hydrogen-bond donors (Lipinski definition) is 0. The van der Waals surface area contributed by atoms with Gasteiger partial charge in [-0.1, -0.05) is 18.2 Å². The van der Waals surface area contributed by atoms with Gasteiger partial charge < -0.3 is 24.2 Å². The largest absolute Gasteiger partial charge is 0.368 e. The maximum Gasteiger partial charge on any atom is 0.293 e. The van der Waals surface area contributed by atoms with E-state index in [-0.39, 0.29) is 34.8 Å². The van der Waals surface area contributed by atoms with Crippen LogP contribution in [0.2, 0.25) is 0 Å². The van der Waals surface area contributed by atoms with Crippen molar-refractivity contribution in [1.82, 2.24) is 4.90 Å². The highest BCUT2D eigenvalue weighted by Crippen LogP contribution is 2.41. The molecule has 2 aromatic rings. The number of piperazine rings is 1. The first kappa shape index (κ1) is 25.1. The summed E-state index contributed by atoms with van der Waals surface area (Å²) in [5.74, 6) is -0.796. The Bertz CT molecular complexity index is 1260. The summed E-state index contributed by atoms with van der Waals surface area (Å²) in [7, 11) is 0. The zero-order valence-electron chi connectivity index (χ0n) is 22.4. The van der Waals surface area contributed by atoms with Gasteiger partial charge in [0.2, 0.25) is 0 Å². The second kappa shape index (κ2) is 9.54. The number of rotatable bonds is 4. The van der Waals surface area contributed by atoms with E-state index in [4.69, 9.17) is 9.47 Å². The minimum Gasteiger partial charge on any atom is -0.368 e. The van der Waals surface area contributed by atoms with Gasteiger partial charge in [-0.05, 0) is 69.7 Å². The molecule has 3 atom stereocenters. The Labute approximate surface area is 223 Å². The third kappa shape index (κ3) is 4.41. The van der Waals surface area contributed by atoms with Crippen LogP contribution < -0.4 is 9.80 Å². The number of benzene rings is 2. The van der Waals surface area contributed by atoms with Crippen molar-refractivity contribution in [3.63, 3.8) is 0 Å². The fourth-order valence-electron chi connectivity index (χ4n) is 6.78. The van der Waals surface area contributed by atoms with E-state index in [9.17, 15) is 14.9 Å². The van der Waals surface area contributed by atoms with Crippen LogP contribution in [-0.4, -0.2) is 72.5 Å². The monoisotopic (exact) mass is 520 g/mol.